The maximum absolute atomic E-state index is 2.54. The first-order valence-corrected chi connectivity index (χ1v) is 19.9. The lowest BCUT2D eigenvalue weighted by molar-refractivity contribution is 0.786. The third kappa shape index (κ3) is 3.94. The molecule has 2 heteroatoms. The topological polar surface area (TPSA) is 9.86 Å². The highest BCUT2D eigenvalue weighted by Gasteiger charge is 2.53. The molecule has 1 spiro atoms. The van der Waals surface area contributed by atoms with Crippen molar-refractivity contribution in [2.75, 3.05) is 0 Å². The normalized spacial score (nSPS) is 13.4. The van der Waals surface area contributed by atoms with Crippen LogP contribution >= 0.6 is 0 Å². The van der Waals surface area contributed by atoms with Crippen molar-refractivity contribution in [3.05, 3.63) is 229 Å². The Morgan fingerprint density at radius 2 is 0.737 bits per heavy atom. The summed E-state index contributed by atoms with van der Waals surface area (Å²) < 4.78 is 4.93. The molecule has 0 fully saturated rings. The number of para-hydroxylation sites is 3. The smallest absolute Gasteiger partial charge is 0.0746 e. The van der Waals surface area contributed by atoms with E-state index < -0.39 is 5.41 Å². The van der Waals surface area contributed by atoms with Crippen molar-refractivity contribution in [2.45, 2.75) is 5.41 Å². The van der Waals surface area contributed by atoms with Crippen LogP contribution in [0.25, 0.3) is 88.4 Å². The van der Waals surface area contributed by atoms with Gasteiger partial charge in [-0.1, -0.05) is 152 Å². The second-order valence-corrected chi connectivity index (χ2v) is 15.6. The van der Waals surface area contributed by atoms with E-state index in [1.807, 2.05) is 0 Å². The summed E-state index contributed by atoms with van der Waals surface area (Å²) in [5.41, 5.74) is 19.9. The van der Waals surface area contributed by atoms with Gasteiger partial charge in [0.1, 0.15) is 0 Å². The van der Waals surface area contributed by atoms with Crippen LogP contribution in [0.4, 0.5) is 0 Å². The number of nitrogens with zero attached hydrogens (tertiary/aromatic N) is 2. The van der Waals surface area contributed by atoms with Crippen molar-refractivity contribution in [2.24, 2.45) is 0 Å². The molecule has 57 heavy (non-hydrogen) atoms. The molecule has 0 unspecified atom stereocenters. The summed E-state index contributed by atoms with van der Waals surface area (Å²) in [6.07, 6.45) is 0. The van der Waals surface area contributed by atoms with Crippen LogP contribution in [0.2, 0.25) is 0 Å². The van der Waals surface area contributed by atoms with E-state index in [1.165, 1.54) is 111 Å². The van der Waals surface area contributed by atoms with E-state index in [1.54, 1.807) is 0 Å². The molecular weight excluding hydrogens is 689 g/mol. The Hall–Kier alpha value is -7.42. The van der Waals surface area contributed by atoms with Gasteiger partial charge in [0.25, 0.3) is 0 Å². The summed E-state index contributed by atoms with van der Waals surface area (Å²) in [7, 11) is 0. The van der Waals surface area contributed by atoms with E-state index in [2.05, 4.69) is 215 Å². The molecule has 9 aromatic carbocycles. The Morgan fingerprint density at radius 1 is 0.298 bits per heavy atom. The highest BCUT2D eigenvalue weighted by atomic mass is 15.0. The van der Waals surface area contributed by atoms with E-state index >= 15 is 0 Å². The number of fused-ring (bicyclic) bond motifs is 16. The number of rotatable bonds is 3. The SMILES string of the molecule is c1ccc(-n2c3ccccc3c3cc(-c4ccc5c(c4)c4ccccc4n5-c4cccc5c4C4(c6ccccc6-c6ccccc64)c4ccccc4-5)ccc32)cc1. The van der Waals surface area contributed by atoms with Crippen LogP contribution in [0.1, 0.15) is 22.3 Å². The fourth-order valence-electron chi connectivity index (χ4n) is 10.7. The highest BCUT2D eigenvalue weighted by Crippen LogP contribution is 2.64. The molecule has 0 bridgehead atoms. The molecule has 0 atom stereocenters. The Labute approximate surface area is 330 Å². The van der Waals surface area contributed by atoms with Crippen LogP contribution in [0.5, 0.6) is 0 Å². The highest BCUT2D eigenvalue weighted by molar-refractivity contribution is 6.13. The molecule has 2 nitrogen and oxygen atoms in total. The van der Waals surface area contributed by atoms with Gasteiger partial charge in [0.15, 0.2) is 0 Å². The fourth-order valence-corrected chi connectivity index (χ4v) is 10.7. The Morgan fingerprint density at radius 3 is 1.33 bits per heavy atom. The molecule has 0 saturated heterocycles. The minimum atomic E-state index is -0.443. The third-order valence-electron chi connectivity index (χ3n) is 12.9. The number of aromatic nitrogens is 2. The molecule has 0 amide bonds. The molecule has 2 aliphatic rings. The molecule has 0 radical (unpaired) electrons. The average Bonchev–Trinajstić information content (AvgIpc) is 3.98. The summed E-state index contributed by atoms with van der Waals surface area (Å²) >= 11 is 0. The first kappa shape index (κ1) is 30.9. The molecule has 0 N–H and O–H groups in total. The minimum Gasteiger partial charge on any atom is -0.309 e. The molecule has 2 aromatic heterocycles. The van der Waals surface area contributed by atoms with Gasteiger partial charge >= 0.3 is 0 Å². The zero-order chi connectivity index (χ0) is 37.2. The van der Waals surface area contributed by atoms with Crippen LogP contribution in [0.15, 0.2) is 206 Å². The second kappa shape index (κ2) is 11.3. The van der Waals surface area contributed by atoms with Crippen LogP contribution in [-0.4, -0.2) is 9.13 Å². The van der Waals surface area contributed by atoms with Crippen LogP contribution < -0.4 is 0 Å². The monoisotopic (exact) mass is 722 g/mol. The molecule has 0 saturated carbocycles. The second-order valence-electron chi connectivity index (χ2n) is 15.6. The third-order valence-corrected chi connectivity index (χ3v) is 12.9. The standard InChI is InChI=1S/C55H34N2/c1-2-15-37(16-3-1)56-49-26-12-7-20-41(49)44-33-35(29-31-51(44)56)36-30-32-52-45(34-36)42-21-8-13-27-50(42)57(52)53-28-14-22-43-40-19-6-11-25-48(40)55(54(43)53)46-23-9-4-17-38(46)39-18-5-10-24-47(39)55/h1-34H. The van der Waals surface area contributed by atoms with Crippen LogP contribution in [-0.2, 0) is 5.41 Å². The number of hydrogen-bond donors (Lipinski definition) is 0. The van der Waals surface area contributed by atoms with E-state index in [0.29, 0.717) is 0 Å². The molecule has 2 aliphatic carbocycles. The summed E-state index contributed by atoms with van der Waals surface area (Å²) in [5, 5.41) is 5.03. The lowest BCUT2D eigenvalue weighted by Gasteiger charge is -2.32. The largest absolute Gasteiger partial charge is 0.309 e. The van der Waals surface area contributed by atoms with Gasteiger partial charge in [-0.05, 0) is 105 Å². The zero-order valence-corrected chi connectivity index (χ0v) is 31.0. The quantitative estimate of drug-likeness (QED) is 0.172. The van der Waals surface area contributed by atoms with Gasteiger partial charge in [-0.25, -0.2) is 0 Å². The first-order valence-electron chi connectivity index (χ1n) is 19.9. The van der Waals surface area contributed by atoms with Crippen molar-refractivity contribution < 1.29 is 0 Å². The minimum absolute atomic E-state index is 0.443. The molecule has 13 rings (SSSR count). The van der Waals surface area contributed by atoms with E-state index in [-0.39, 0.29) is 0 Å². The zero-order valence-electron chi connectivity index (χ0n) is 31.0. The summed E-state index contributed by atoms with van der Waals surface area (Å²) in [5.74, 6) is 0. The fraction of sp³-hybridized carbons (Fsp3) is 0.0182. The Bertz CT molecular complexity index is 3410. The van der Waals surface area contributed by atoms with Crippen molar-refractivity contribution in [3.8, 4) is 44.8 Å². The van der Waals surface area contributed by atoms with Crippen molar-refractivity contribution in [1.82, 2.24) is 9.13 Å². The lowest BCUT2D eigenvalue weighted by atomic mass is 9.70. The van der Waals surface area contributed by atoms with E-state index in [4.69, 9.17) is 0 Å². The Kier molecular flexibility index (Phi) is 6.13. The summed E-state index contributed by atoms with van der Waals surface area (Å²) in [6, 6.07) is 76.7. The van der Waals surface area contributed by atoms with Crippen LogP contribution in [0, 0.1) is 0 Å². The van der Waals surface area contributed by atoms with Crippen molar-refractivity contribution in [3.63, 3.8) is 0 Å². The maximum Gasteiger partial charge on any atom is 0.0746 e. The average molecular weight is 723 g/mol. The van der Waals surface area contributed by atoms with E-state index in [9.17, 15) is 0 Å². The van der Waals surface area contributed by atoms with Gasteiger partial charge in [0.05, 0.1) is 33.2 Å². The van der Waals surface area contributed by atoms with Gasteiger partial charge < -0.3 is 9.13 Å². The number of hydrogen-bond acceptors (Lipinski definition) is 0. The van der Waals surface area contributed by atoms with Crippen molar-refractivity contribution in [1.29, 1.82) is 0 Å². The van der Waals surface area contributed by atoms with Gasteiger partial charge in [-0.2, -0.15) is 0 Å². The lowest BCUT2D eigenvalue weighted by Crippen LogP contribution is -2.27. The van der Waals surface area contributed by atoms with Gasteiger partial charge in [0, 0.05) is 32.8 Å². The number of benzene rings is 9. The van der Waals surface area contributed by atoms with Gasteiger partial charge in [-0.3, -0.25) is 0 Å². The predicted octanol–water partition coefficient (Wildman–Crippen LogP) is 13.9. The molecular formula is C55H34N2. The molecule has 0 aliphatic heterocycles. The molecule has 11 aromatic rings. The predicted molar refractivity (Wildman–Crippen MR) is 237 cm³/mol. The first-order chi connectivity index (χ1) is 28.3. The van der Waals surface area contributed by atoms with E-state index in [0.717, 1.165) is 0 Å². The molecule has 2 heterocycles. The molecule has 264 valence electrons. The maximum atomic E-state index is 2.54. The Balaban J connectivity index is 1.06. The van der Waals surface area contributed by atoms with Crippen LogP contribution in [0.3, 0.4) is 0 Å². The summed E-state index contributed by atoms with van der Waals surface area (Å²) in [6.45, 7) is 0. The van der Waals surface area contributed by atoms with Gasteiger partial charge in [0.2, 0.25) is 0 Å². The van der Waals surface area contributed by atoms with Gasteiger partial charge in [-0.15, -0.1) is 0 Å². The summed E-state index contributed by atoms with van der Waals surface area (Å²) in [4.78, 5) is 0. The van der Waals surface area contributed by atoms with Crippen molar-refractivity contribution >= 4 is 43.6 Å².